The van der Waals surface area contributed by atoms with E-state index in [1.54, 1.807) is 11.8 Å². The van der Waals surface area contributed by atoms with Crippen molar-refractivity contribution in [3.8, 4) is 0 Å². The minimum atomic E-state index is -0.512. The van der Waals surface area contributed by atoms with Crippen molar-refractivity contribution in [3.05, 3.63) is 65.7 Å². The third kappa shape index (κ3) is 7.04. The van der Waals surface area contributed by atoms with E-state index in [4.69, 9.17) is 0 Å². The van der Waals surface area contributed by atoms with Gasteiger partial charge in [0.05, 0.1) is 5.75 Å². The molecule has 0 aromatic heterocycles. The Bertz CT molecular complexity index is 747. The zero-order chi connectivity index (χ0) is 20.4. The van der Waals surface area contributed by atoms with Crippen molar-refractivity contribution in [1.82, 2.24) is 10.2 Å². The molecule has 150 valence electrons. The Morgan fingerprint density at radius 2 is 1.75 bits per heavy atom. The van der Waals surface area contributed by atoms with Crippen LogP contribution in [0.3, 0.4) is 0 Å². The molecule has 28 heavy (non-hydrogen) atoms. The van der Waals surface area contributed by atoms with Gasteiger partial charge in [0.15, 0.2) is 0 Å². The monoisotopic (exact) mass is 398 g/mol. The van der Waals surface area contributed by atoms with E-state index in [-0.39, 0.29) is 11.8 Å². The Morgan fingerprint density at radius 1 is 1.07 bits per heavy atom. The SMILES string of the molecule is CCCCNC(=O)C(C)N(Cc1ccc(C)cc1)C(=O)CSc1ccccc1. The highest BCUT2D eigenvalue weighted by atomic mass is 32.2. The molecule has 4 nitrogen and oxygen atoms in total. The average Bonchev–Trinajstić information content (AvgIpc) is 2.72. The second-order valence-electron chi connectivity index (χ2n) is 6.93. The second kappa shape index (κ2) is 11.5. The number of aryl methyl sites for hydroxylation is 1. The molecule has 1 unspecified atom stereocenters. The summed E-state index contributed by atoms with van der Waals surface area (Å²) >= 11 is 1.50. The molecule has 0 saturated carbocycles. The van der Waals surface area contributed by atoms with Gasteiger partial charge in [-0.05, 0) is 38.0 Å². The zero-order valence-corrected chi connectivity index (χ0v) is 17.8. The fourth-order valence-electron chi connectivity index (χ4n) is 2.75. The summed E-state index contributed by atoms with van der Waals surface area (Å²) in [7, 11) is 0. The predicted molar refractivity (Wildman–Crippen MR) is 116 cm³/mol. The van der Waals surface area contributed by atoms with Gasteiger partial charge in [0, 0.05) is 18.0 Å². The fourth-order valence-corrected chi connectivity index (χ4v) is 3.56. The Kier molecular flexibility index (Phi) is 9.08. The van der Waals surface area contributed by atoms with Gasteiger partial charge in [-0.25, -0.2) is 0 Å². The van der Waals surface area contributed by atoms with E-state index in [1.165, 1.54) is 17.3 Å². The largest absolute Gasteiger partial charge is 0.354 e. The summed E-state index contributed by atoms with van der Waals surface area (Å²) in [5.74, 6) is 0.175. The molecule has 0 aliphatic rings. The van der Waals surface area contributed by atoms with E-state index in [0.717, 1.165) is 23.3 Å². The number of carbonyl (C=O) groups is 2. The van der Waals surface area contributed by atoms with Crippen LogP contribution >= 0.6 is 11.8 Å². The first kappa shape index (κ1) is 22.0. The summed E-state index contributed by atoms with van der Waals surface area (Å²) in [6.07, 6.45) is 1.96. The molecule has 5 heteroatoms. The Labute approximate surface area is 172 Å². The molecule has 2 amide bonds. The summed E-state index contributed by atoms with van der Waals surface area (Å²) in [6.45, 7) is 7.00. The van der Waals surface area contributed by atoms with Gasteiger partial charge in [-0.15, -0.1) is 11.8 Å². The zero-order valence-electron chi connectivity index (χ0n) is 17.0. The molecule has 0 aliphatic heterocycles. The first-order chi connectivity index (χ1) is 13.5. The maximum absolute atomic E-state index is 13.0. The van der Waals surface area contributed by atoms with Gasteiger partial charge in [-0.3, -0.25) is 9.59 Å². The normalized spacial score (nSPS) is 11.7. The third-order valence-electron chi connectivity index (χ3n) is 4.58. The molecule has 0 fully saturated rings. The molecule has 1 N–H and O–H groups in total. The van der Waals surface area contributed by atoms with Crippen molar-refractivity contribution in [2.24, 2.45) is 0 Å². The summed E-state index contributed by atoms with van der Waals surface area (Å²) in [5, 5.41) is 2.95. The summed E-state index contributed by atoms with van der Waals surface area (Å²) in [6, 6.07) is 17.4. The van der Waals surface area contributed by atoms with Crippen molar-refractivity contribution in [3.63, 3.8) is 0 Å². The van der Waals surface area contributed by atoms with Gasteiger partial charge >= 0.3 is 0 Å². The highest BCUT2D eigenvalue weighted by Gasteiger charge is 2.25. The van der Waals surface area contributed by atoms with Gasteiger partial charge in [0.2, 0.25) is 11.8 Å². The molecule has 0 radical (unpaired) electrons. The molecule has 1 atom stereocenters. The number of amides is 2. The molecule has 0 saturated heterocycles. The van der Waals surface area contributed by atoms with Crippen LogP contribution in [0.1, 0.15) is 37.8 Å². The lowest BCUT2D eigenvalue weighted by Crippen LogP contribution is -2.48. The van der Waals surface area contributed by atoms with Crippen molar-refractivity contribution in [2.45, 2.75) is 51.1 Å². The third-order valence-corrected chi connectivity index (χ3v) is 5.57. The lowest BCUT2D eigenvalue weighted by Gasteiger charge is -2.29. The second-order valence-corrected chi connectivity index (χ2v) is 7.98. The Balaban J connectivity index is 2.08. The first-order valence-electron chi connectivity index (χ1n) is 9.81. The highest BCUT2D eigenvalue weighted by Crippen LogP contribution is 2.19. The van der Waals surface area contributed by atoms with Crippen LogP contribution in [0, 0.1) is 6.92 Å². The van der Waals surface area contributed by atoms with E-state index in [0.29, 0.717) is 18.8 Å². The van der Waals surface area contributed by atoms with Crippen molar-refractivity contribution in [1.29, 1.82) is 0 Å². The highest BCUT2D eigenvalue weighted by molar-refractivity contribution is 8.00. The van der Waals surface area contributed by atoms with Gasteiger partial charge in [0.1, 0.15) is 6.04 Å². The van der Waals surface area contributed by atoms with E-state index in [1.807, 2.05) is 61.5 Å². The van der Waals surface area contributed by atoms with Crippen molar-refractivity contribution < 1.29 is 9.59 Å². The number of unbranched alkanes of at least 4 members (excludes halogenated alkanes) is 1. The minimum absolute atomic E-state index is 0.0347. The smallest absolute Gasteiger partial charge is 0.242 e. The lowest BCUT2D eigenvalue weighted by molar-refractivity contribution is -0.138. The van der Waals surface area contributed by atoms with Crippen molar-refractivity contribution in [2.75, 3.05) is 12.3 Å². The Hall–Kier alpha value is -2.27. The molecule has 2 aromatic rings. The van der Waals surface area contributed by atoms with Crippen LogP contribution in [-0.2, 0) is 16.1 Å². The molecular formula is C23H30N2O2S. The standard InChI is InChI=1S/C23H30N2O2S/c1-4-5-15-24-23(27)19(3)25(16-20-13-11-18(2)12-14-20)22(26)17-28-21-9-7-6-8-10-21/h6-14,19H,4-5,15-17H2,1-3H3,(H,24,27). The minimum Gasteiger partial charge on any atom is -0.354 e. The molecule has 0 spiro atoms. The maximum atomic E-state index is 13.0. The number of benzene rings is 2. The quantitative estimate of drug-likeness (QED) is 0.476. The molecule has 2 aromatic carbocycles. The van der Waals surface area contributed by atoms with Crippen LogP contribution in [-0.4, -0.2) is 35.1 Å². The van der Waals surface area contributed by atoms with E-state index < -0.39 is 6.04 Å². The lowest BCUT2D eigenvalue weighted by atomic mass is 10.1. The van der Waals surface area contributed by atoms with Gasteiger partial charge in [0.25, 0.3) is 0 Å². The Morgan fingerprint density at radius 3 is 2.39 bits per heavy atom. The number of thioether (sulfide) groups is 1. The van der Waals surface area contributed by atoms with E-state index in [2.05, 4.69) is 12.2 Å². The summed E-state index contributed by atoms with van der Waals surface area (Å²) in [4.78, 5) is 28.3. The fraction of sp³-hybridized carbons (Fsp3) is 0.391. The number of nitrogens with one attached hydrogen (secondary N) is 1. The number of hydrogen-bond donors (Lipinski definition) is 1. The number of nitrogens with zero attached hydrogens (tertiary/aromatic N) is 1. The van der Waals surface area contributed by atoms with E-state index >= 15 is 0 Å². The summed E-state index contributed by atoms with van der Waals surface area (Å²) < 4.78 is 0. The number of carbonyl (C=O) groups excluding carboxylic acids is 2. The van der Waals surface area contributed by atoms with Crippen LogP contribution in [0.2, 0.25) is 0 Å². The number of hydrogen-bond acceptors (Lipinski definition) is 3. The topological polar surface area (TPSA) is 49.4 Å². The predicted octanol–water partition coefficient (Wildman–Crippen LogP) is 4.42. The number of rotatable bonds is 10. The molecular weight excluding hydrogens is 368 g/mol. The molecule has 0 bridgehead atoms. The van der Waals surface area contributed by atoms with Gasteiger partial charge < -0.3 is 10.2 Å². The van der Waals surface area contributed by atoms with Crippen molar-refractivity contribution >= 4 is 23.6 Å². The van der Waals surface area contributed by atoms with Crippen LogP contribution in [0.5, 0.6) is 0 Å². The van der Waals surface area contributed by atoms with Crippen LogP contribution in [0.15, 0.2) is 59.5 Å². The van der Waals surface area contributed by atoms with Crippen LogP contribution in [0.4, 0.5) is 0 Å². The average molecular weight is 399 g/mol. The first-order valence-corrected chi connectivity index (χ1v) is 10.8. The van der Waals surface area contributed by atoms with E-state index in [9.17, 15) is 9.59 Å². The summed E-state index contributed by atoms with van der Waals surface area (Å²) in [5.41, 5.74) is 2.20. The van der Waals surface area contributed by atoms with Crippen LogP contribution < -0.4 is 5.32 Å². The molecule has 0 heterocycles. The van der Waals surface area contributed by atoms with Crippen LogP contribution in [0.25, 0.3) is 0 Å². The van der Waals surface area contributed by atoms with Gasteiger partial charge in [-0.1, -0.05) is 61.4 Å². The molecule has 2 rings (SSSR count). The maximum Gasteiger partial charge on any atom is 0.242 e. The molecule has 0 aliphatic carbocycles. The van der Waals surface area contributed by atoms with Gasteiger partial charge in [-0.2, -0.15) is 0 Å².